The minimum Gasteiger partial charge on any atom is -0.508 e. The second-order valence-electron chi connectivity index (χ2n) is 16.5. The van der Waals surface area contributed by atoms with Crippen molar-refractivity contribution >= 4 is 34.4 Å². The van der Waals surface area contributed by atoms with Crippen molar-refractivity contribution in [2.24, 2.45) is 0 Å². The molecule has 4 aromatic carbocycles. The van der Waals surface area contributed by atoms with Crippen molar-refractivity contribution in [2.75, 3.05) is 107 Å². The van der Waals surface area contributed by atoms with Gasteiger partial charge in [0.2, 0.25) is 0 Å². The normalized spacial score (nSPS) is 16.9. The third-order valence-electron chi connectivity index (χ3n) is 11.7. The molecule has 0 saturated carbocycles. The van der Waals surface area contributed by atoms with Crippen molar-refractivity contribution in [3.8, 4) is 35.2 Å². The van der Waals surface area contributed by atoms with Gasteiger partial charge in [-0.1, -0.05) is 23.7 Å². The first kappa shape index (κ1) is 42.6. The molecule has 4 aliphatic rings. The Balaban J connectivity index is 1.30. The number of morpholine rings is 2. The summed E-state index contributed by atoms with van der Waals surface area (Å²) in [6.45, 7) is 7.33. The average Bonchev–Trinajstić information content (AvgIpc) is 3.25. The van der Waals surface area contributed by atoms with E-state index in [-0.39, 0.29) is 68.7 Å². The Morgan fingerprint density at radius 1 is 0.548 bits per heavy atom. The van der Waals surface area contributed by atoms with Gasteiger partial charge in [0.15, 0.2) is 0 Å². The maximum Gasteiger partial charge on any atom is 0.262 e. The minimum atomic E-state index is -0.574. The zero-order valence-corrected chi connectivity index (χ0v) is 35.5. The molecule has 2 saturated heterocycles. The molecular formula is C48H50N6O8. The molecular weight excluding hydrogens is 789 g/mol. The van der Waals surface area contributed by atoms with E-state index in [0.29, 0.717) is 74.9 Å². The van der Waals surface area contributed by atoms with Gasteiger partial charge in [0.1, 0.15) is 11.5 Å². The molecule has 0 spiro atoms. The molecule has 62 heavy (non-hydrogen) atoms. The van der Waals surface area contributed by atoms with Crippen LogP contribution in [0.2, 0.25) is 0 Å². The van der Waals surface area contributed by atoms with Gasteiger partial charge in [-0.2, -0.15) is 0 Å². The van der Waals surface area contributed by atoms with E-state index in [1.807, 2.05) is 50.1 Å². The summed E-state index contributed by atoms with van der Waals surface area (Å²) in [5.74, 6) is 10.7. The summed E-state index contributed by atoms with van der Waals surface area (Å²) in [6.07, 6.45) is 0. The zero-order valence-electron chi connectivity index (χ0n) is 35.5. The average molecular weight is 839 g/mol. The van der Waals surface area contributed by atoms with E-state index in [2.05, 4.69) is 33.5 Å². The number of ether oxygens (including phenoxy) is 2. The Hall–Kier alpha value is -6.10. The van der Waals surface area contributed by atoms with Gasteiger partial charge in [-0.3, -0.25) is 38.8 Å². The fraction of sp³-hybridized carbons (Fsp3) is 0.375. The summed E-state index contributed by atoms with van der Waals surface area (Å²) in [6, 6.07) is 13.3. The number of phenols is 2. The van der Waals surface area contributed by atoms with Crippen LogP contribution >= 0.6 is 0 Å². The number of amides is 4. The van der Waals surface area contributed by atoms with Crippen molar-refractivity contribution in [3.05, 3.63) is 104 Å². The van der Waals surface area contributed by atoms with Crippen LogP contribution in [0.15, 0.2) is 48.5 Å². The summed E-state index contributed by atoms with van der Waals surface area (Å²) >= 11 is 0. The molecule has 0 bridgehead atoms. The molecule has 4 aromatic rings. The third kappa shape index (κ3) is 8.67. The first-order chi connectivity index (χ1) is 29.9. The largest absolute Gasteiger partial charge is 0.508 e. The number of likely N-dealkylation sites (N-methyl/N-ethyl adjacent to an activating group) is 2. The van der Waals surface area contributed by atoms with Gasteiger partial charge < -0.3 is 29.5 Å². The topological polar surface area (TPSA) is 147 Å². The van der Waals surface area contributed by atoms with Crippen molar-refractivity contribution in [2.45, 2.75) is 13.1 Å². The minimum absolute atomic E-state index is 0.0848. The van der Waals surface area contributed by atoms with Crippen LogP contribution in [0.1, 0.15) is 74.8 Å². The summed E-state index contributed by atoms with van der Waals surface area (Å²) < 4.78 is 11.0. The predicted octanol–water partition coefficient (Wildman–Crippen LogP) is 3.03. The van der Waals surface area contributed by atoms with Crippen LogP contribution in [-0.2, 0) is 22.6 Å². The standard InChI is InChI=1S/C48H50N6O8/c1-49(2)13-15-53-45(57)37-27-34(10-6-32-8-12-40(56)36(26-32)30-52-19-23-62-24-20-52)42-44-38(46(58)54(48(42)60)16-14-50(3)4)28-33(41(43(37)44)47(53)59)9-5-31-7-11-39(55)35(25-31)29-51-17-21-61-22-18-51/h7-8,11-12,25-28,55-56H,13-24,29-30H2,1-4H3. The van der Waals surface area contributed by atoms with Crippen molar-refractivity contribution in [1.29, 1.82) is 0 Å². The Morgan fingerprint density at radius 2 is 0.935 bits per heavy atom. The molecule has 0 atom stereocenters. The highest BCUT2D eigenvalue weighted by atomic mass is 16.5. The molecule has 0 unspecified atom stereocenters. The number of benzene rings is 4. The summed E-state index contributed by atoms with van der Waals surface area (Å²) in [5, 5.41) is 21.9. The highest BCUT2D eigenvalue weighted by molar-refractivity contribution is 6.34. The zero-order chi connectivity index (χ0) is 43.7. The number of rotatable bonds is 10. The molecule has 4 amide bonds. The molecule has 320 valence electrons. The summed E-state index contributed by atoms with van der Waals surface area (Å²) in [5.41, 5.74) is 3.57. The first-order valence-electron chi connectivity index (χ1n) is 20.9. The summed E-state index contributed by atoms with van der Waals surface area (Å²) in [7, 11) is 7.40. The van der Waals surface area contributed by atoms with Gasteiger partial charge in [-0.15, -0.1) is 0 Å². The number of imide groups is 2. The van der Waals surface area contributed by atoms with E-state index in [4.69, 9.17) is 9.47 Å². The fourth-order valence-electron chi connectivity index (χ4n) is 8.22. The number of phenolic OH excluding ortho intramolecular Hbond substituents is 2. The second kappa shape index (κ2) is 18.1. The van der Waals surface area contributed by atoms with Crippen molar-refractivity contribution < 1.29 is 38.9 Å². The van der Waals surface area contributed by atoms with Crippen LogP contribution < -0.4 is 0 Å². The molecule has 8 rings (SSSR count). The smallest absolute Gasteiger partial charge is 0.262 e. The molecule has 2 N–H and O–H groups in total. The Labute approximate surface area is 361 Å². The van der Waals surface area contributed by atoms with Crippen LogP contribution in [0, 0.1) is 23.7 Å². The van der Waals surface area contributed by atoms with Crippen LogP contribution in [0.5, 0.6) is 11.5 Å². The summed E-state index contributed by atoms with van der Waals surface area (Å²) in [4.78, 5) is 68.8. The monoisotopic (exact) mass is 838 g/mol. The van der Waals surface area contributed by atoms with Gasteiger partial charge in [-0.05, 0) is 76.7 Å². The Kier molecular flexibility index (Phi) is 12.4. The molecule has 2 fully saturated rings. The Morgan fingerprint density at radius 3 is 1.31 bits per heavy atom. The molecule has 0 aliphatic carbocycles. The van der Waals surface area contributed by atoms with E-state index < -0.39 is 23.6 Å². The number of nitrogens with zero attached hydrogens (tertiary/aromatic N) is 6. The number of aromatic hydroxyl groups is 2. The van der Waals surface area contributed by atoms with E-state index in [1.54, 1.807) is 36.4 Å². The highest BCUT2D eigenvalue weighted by Crippen LogP contribution is 2.41. The maximum atomic E-state index is 14.6. The lowest BCUT2D eigenvalue weighted by molar-refractivity contribution is 0.0338. The van der Waals surface area contributed by atoms with Crippen molar-refractivity contribution in [1.82, 2.24) is 29.4 Å². The van der Waals surface area contributed by atoms with Crippen LogP contribution in [0.3, 0.4) is 0 Å². The first-order valence-corrected chi connectivity index (χ1v) is 20.9. The van der Waals surface area contributed by atoms with Crippen LogP contribution in [0.25, 0.3) is 10.8 Å². The highest BCUT2D eigenvalue weighted by Gasteiger charge is 2.42. The van der Waals surface area contributed by atoms with Crippen LogP contribution in [0.4, 0.5) is 0 Å². The molecule has 0 radical (unpaired) electrons. The SMILES string of the molecule is CN(C)CCN1C(=O)c2cc(C#Cc3ccc(O)c(CN4CCOCC4)c3)c3c4c(cc(C#Cc5ccc(O)c(CN6CCOCC6)c5)c(c24)C1=O)C(=O)N(CCN(C)C)C3=O. The predicted molar refractivity (Wildman–Crippen MR) is 232 cm³/mol. The lowest BCUT2D eigenvalue weighted by atomic mass is 9.81. The molecule has 4 heterocycles. The van der Waals surface area contributed by atoms with E-state index in [0.717, 1.165) is 26.2 Å². The molecule has 14 heteroatoms. The quantitative estimate of drug-likeness (QED) is 0.179. The van der Waals surface area contributed by atoms with E-state index >= 15 is 0 Å². The van der Waals surface area contributed by atoms with Gasteiger partial charge >= 0.3 is 0 Å². The number of hydrogen-bond acceptors (Lipinski definition) is 12. The van der Waals surface area contributed by atoms with Gasteiger partial charge in [-0.25, -0.2) is 0 Å². The third-order valence-corrected chi connectivity index (χ3v) is 11.7. The fourth-order valence-corrected chi connectivity index (χ4v) is 8.22. The molecule has 4 aliphatic heterocycles. The van der Waals surface area contributed by atoms with E-state index in [9.17, 15) is 29.4 Å². The van der Waals surface area contributed by atoms with Gasteiger partial charge in [0.05, 0.1) is 37.6 Å². The van der Waals surface area contributed by atoms with Crippen molar-refractivity contribution in [3.63, 3.8) is 0 Å². The molecule has 14 nitrogen and oxygen atoms in total. The maximum absolute atomic E-state index is 14.6. The van der Waals surface area contributed by atoms with Gasteiger partial charge in [0, 0.05) is 121 Å². The number of carbonyl (C=O) groups excluding carboxylic acids is 4. The lowest BCUT2D eigenvalue weighted by Gasteiger charge is -2.34. The number of hydrogen-bond donors (Lipinski definition) is 2. The second-order valence-corrected chi connectivity index (χ2v) is 16.5. The van der Waals surface area contributed by atoms with E-state index in [1.165, 1.54) is 9.80 Å². The Bertz CT molecular complexity index is 2430. The molecule has 0 aromatic heterocycles. The van der Waals surface area contributed by atoms with Gasteiger partial charge in [0.25, 0.3) is 23.6 Å². The van der Waals surface area contributed by atoms with Crippen LogP contribution in [-0.4, -0.2) is 170 Å². The number of carbonyl (C=O) groups is 4. The lowest BCUT2D eigenvalue weighted by Crippen LogP contribution is -2.46.